The van der Waals surface area contributed by atoms with Gasteiger partial charge in [-0.3, -0.25) is 0 Å². The molecule has 0 fully saturated rings. The third kappa shape index (κ3) is 4.78. The van der Waals surface area contributed by atoms with Crippen molar-refractivity contribution in [3.63, 3.8) is 0 Å². The lowest BCUT2D eigenvalue weighted by atomic mass is 10.1. The number of benzene rings is 1. The number of methoxy groups -OCH3 is 1. The van der Waals surface area contributed by atoms with Gasteiger partial charge in [-0.05, 0) is 37.5 Å². The van der Waals surface area contributed by atoms with Crippen LogP contribution in [0.2, 0.25) is 5.02 Å². The molecule has 0 aliphatic heterocycles. The monoisotopic (exact) mass is 273 g/mol. The summed E-state index contributed by atoms with van der Waals surface area (Å²) in [5.74, 6) is 2.02. The molecule has 0 aliphatic rings. The zero-order chi connectivity index (χ0) is 12.7. The Morgan fingerprint density at radius 2 is 2.24 bits per heavy atom. The summed E-state index contributed by atoms with van der Waals surface area (Å²) in [5.41, 5.74) is 1.03. The van der Waals surface area contributed by atoms with Crippen LogP contribution < -0.4 is 10.1 Å². The van der Waals surface area contributed by atoms with E-state index in [0.29, 0.717) is 6.04 Å². The number of ether oxygens (including phenoxy) is 1. The van der Waals surface area contributed by atoms with Crippen LogP contribution >= 0.6 is 23.4 Å². The number of hydrogen-bond acceptors (Lipinski definition) is 3. The van der Waals surface area contributed by atoms with Crippen LogP contribution in [0.15, 0.2) is 18.2 Å². The first-order valence-electron chi connectivity index (χ1n) is 5.72. The van der Waals surface area contributed by atoms with Crippen molar-refractivity contribution in [1.82, 2.24) is 5.32 Å². The fourth-order valence-corrected chi connectivity index (χ4v) is 2.40. The summed E-state index contributed by atoms with van der Waals surface area (Å²) in [5, 5.41) is 4.23. The van der Waals surface area contributed by atoms with E-state index in [4.69, 9.17) is 16.3 Å². The van der Waals surface area contributed by atoms with Gasteiger partial charge in [-0.25, -0.2) is 0 Å². The highest BCUT2D eigenvalue weighted by Crippen LogP contribution is 2.26. The average Bonchev–Trinajstić information content (AvgIpc) is 2.34. The second-order valence-corrected chi connectivity index (χ2v) is 5.38. The van der Waals surface area contributed by atoms with Gasteiger partial charge < -0.3 is 10.1 Å². The largest absolute Gasteiger partial charge is 0.496 e. The summed E-state index contributed by atoms with van der Waals surface area (Å²) in [6, 6.07) is 6.23. The number of halogens is 1. The van der Waals surface area contributed by atoms with Crippen molar-refractivity contribution >= 4 is 23.4 Å². The molecule has 96 valence electrons. The zero-order valence-corrected chi connectivity index (χ0v) is 12.2. The molecule has 1 unspecified atom stereocenters. The van der Waals surface area contributed by atoms with Crippen molar-refractivity contribution in [2.24, 2.45) is 0 Å². The molecule has 1 atom stereocenters. The number of thioether (sulfide) groups is 1. The van der Waals surface area contributed by atoms with E-state index in [9.17, 15) is 0 Å². The van der Waals surface area contributed by atoms with Gasteiger partial charge in [0, 0.05) is 23.2 Å². The van der Waals surface area contributed by atoms with Crippen LogP contribution in [-0.4, -0.2) is 25.2 Å². The molecule has 4 heteroatoms. The maximum Gasteiger partial charge on any atom is 0.124 e. The molecule has 0 bridgehead atoms. The Morgan fingerprint density at radius 1 is 1.47 bits per heavy atom. The Kier molecular flexibility index (Phi) is 6.78. The minimum absolute atomic E-state index is 0.489. The van der Waals surface area contributed by atoms with Crippen molar-refractivity contribution in [1.29, 1.82) is 0 Å². The van der Waals surface area contributed by atoms with E-state index in [1.807, 2.05) is 30.0 Å². The quantitative estimate of drug-likeness (QED) is 0.821. The van der Waals surface area contributed by atoms with Crippen LogP contribution in [0.4, 0.5) is 0 Å². The summed E-state index contributed by atoms with van der Waals surface area (Å²) >= 11 is 8.04. The fourth-order valence-electron chi connectivity index (χ4n) is 1.57. The van der Waals surface area contributed by atoms with Crippen molar-refractivity contribution in [2.75, 3.05) is 19.1 Å². The maximum atomic E-state index is 6.17. The molecule has 1 aromatic rings. The van der Waals surface area contributed by atoms with Gasteiger partial charge in [0.25, 0.3) is 0 Å². The van der Waals surface area contributed by atoms with Crippen molar-refractivity contribution < 1.29 is 4.74 Å². The van der Waals surface area contributed by atoms with Crippen LogP contribution in [0.25, 0.3) is 0 Å². The minimum Gasteiger partial charge on any atom is -0.496 e. The predicted molar refractivity (Wildman–Crippen MR) is 77.3 cm³/mol. The normalized spacial score (nSPS) is 12.5. The van der Waals surface area contributed by atoms with E-state index in [0.717, 1.165) is 29.3 Å². The van der Waals surface area contributed by atoms with E-state index in [1.54, 1.807) is 7.11 Å². The summed E-state index contributed by atoms with van der Waals surface area (Å²) < 4.78 is 5.31. The van der Waals surface area contributed by atoms with Gasteiger partial charge in [0.1, 0.15) is 5.75 Å². The molecular formula is C13H20ClNOS. The lowest BCUT2D eigenvalue weighted by Gasteiger charge is -2.15. The summed E-state index contributed by atoms with van der Waals surface area (Å²) in [6.45, 7) is 2.94. The molecule has 0 heterocycles. The lowest BCUT2D eigenvalue weighted by molar-refractivity contribution is 0.405. The molecular weight excluding hydrogens is 254 g/mol. The Morgan fingerprint density at radius 3 is 2.88 bits per heavy atom. The number of nitrogens with one attached hydrogen (secondary N) is 1. The fraction of sp³-hybridized carbons (Fsp3) is 0.538. The first-order valence-corrected chi connectivity index (χ1v) is 7.50. The van der Waals surface area contributed by atoms with Gasteiger partial charge in [-0.15, -0.1) is 0 Å². The molecule has 0 saturated heterocycles. The van der Waals surface area contributed by atoms with Gasteiger partial charge in [0.15, 0.2) is 0 Å². The number of hydrogen-bond donors (Lipinski definition) is 1. The lowest BCUT2D eigenvalue weighted by Crippen LogP contribution is -2.26. The highest BCUT2D eigenvalue weighted by molar-refractivity contribution is 7.98. The van der Waals surface area contributed by atoms with E-state index in [2.05, 4.69) is 18.5 Å². The van der Waals surface area contributed by atoms with Crippen LogP contribution in [0, 0.1) is 0 Å². The molecule has 0 saturated carbocycles. The smallest absolute Gasteiger partial charge is 0.124 e. The molecule has 1 aromatic carbocycles. The third-order valence-corrected chi connectivity index (χ3v) is 3.68. The second kappa shape index (κ2) is 7.85. The van der Waals surface area contributed by atoms with E-state index in [-0.39, 0.29) is 0 Å². The van der Waals surface area contributed by atoms with E-state index >= 15 is 0 Å². The molecule has 1 N–H and O–H groups in total. The van der Waals surface area contributed by atoms with Gasteiger partial charge in [0.05, 0.1) is 7.11 Å². The Bertz CT molecular complexity index is 346. The molecule has 0 radical (unpaired) electrons. The Hall–Kier alpha value is -0.380. The molecule has 2 nitrogen and oxygen atoms in total. The Labute approximate surface area is 113 Å². The van der Waals surface area contributed by atoms with Gasteiger partial charge in [-0.2, -0.15) is 11.8 Å². The highest BCUT2D eigenvalue weighted by Gasteiger charge is 2.08. The standard InChI is InChI=1S/C13H20ClNOS/c1-10(7-8-17-3)15-9-11-12(14)5-4-6-13(11)16-2/h4-6,10,15H,7-9H2,1-3H3. The topological polar surface area (TPSA) is 21.3 Å². The van der Waals surface area contributed by atoms with Gasteiger partial charge in [-0.1, -0.05) is 17.7 Å². The number of rotatable bonds is 7. The highest BCUT2D eigenvalue weighted by atomic mass is 35.5. The zero-order valence-electron chi connectivity index (χ0n) is 10.6. The van der Waals surface area contributed by atoms with Gasteiger partial charge >= 0.3 is 0 Å². The van der Waals surface area contributed by atoms with Crippen LogP contribution in [-0.2, 0) is 6.54 Å². The second-order valence-electron chi connectivity index (χ2n) is 3.98. The van der Waals surface area contributed by atoms with Crippen LogP contribution in [0.3, 0.4) is 0 Å². The first kappa shape index (κ1) is 14.7. The molecule has 0 aromatic heterocycles. The van der Waals surface area contributed by atoms with Crippen molar-refractivity contribution in [2.45, 2.75) is 25.9 Å². The molecule has 0 spiro atoms. The maximum absolute atomic E-state index is 6.17. The van der Waals surface area contributed by atoms with Gasteiger partial charge in [0.2, 0.25) is 0 Å². The third-order valence-electron chi connectivity index (χ3n) is 2.68. The molecule has 1 rings (SSSR count). The van der Waals surface area contributed by atoms with Crippen LogP contribution in [0.1, 0.15) is 18.9 Å². The summed E-state index contributed by atoms with van der Waals surface area (Å²) in [4.78, 5) is 0. The van der Waals surface area contributed by atoms with Crippen molar-refractivity contribution in [3.8, 4) is 5.75 Å². The summed E-state index contributed by atoms with van der Waals surface area (Å²) in [7, 11) is 1.67. The molecule has 0 aliphatic carbocycles. The molecule has 0 amide bonds. The van der Waals surface area contributed by atoms with Crippen molar-refractivity contribution in [3.05, 3.63) is 28.8 Å². The molecule has 17 heavy (non-hydrogen) atoms. The van der Waals surface area contributed by atoms with E-state index < -0.39 is 0 Å². The predicted octanol–water partition coefficient (Wildman–Crippen LogP) is 3.58. The van der Waals surface area contributed by atoms with Crippen LogP contribution in [0.5, 0.6) is 5.75 Å². The minimum atomic E-state index is 0.489. The average molecular weight is 274 g/mol. The SMILES string of the molecule is COc1cccc(Cl)c1CNC(C)CCSC. The van der Waals surface area contributed by atoms with E-state index in [1.165, 1.54) is 5.75 Å². The first-order chi connectivity index (χ1) is 8.19. The Balaban J connectivity index is 2.56. The summed E-state index contributed by atoms with van der Waals surface area (Å²) in [6.07, 6.45) is 3.29.